The number of nitrogens with one attached hydrogen (secondary N) is 2. The Morgan fingerprint density at radius 2 is 2.17 bits per heavy atom. The largest absolute Gasteiger partial charge is 0.354 e. The zero-order chi connectivity index (χ0) is 16.9. The van der Waals surface area contributed by atoms with Gasteiger partial charge in [0.05, 0.1) is 4.92 Å². The molecule has 2 rings (SSSR count). The first-order chi connectivity index (χ1) is 10.9. The van der Waals surface area contributed by atoms with E-state index in [2.05, 4.69) is 20.6 Å². The smallest absolute Gasteiger partial charge is 0.307 e. The van der Waals surface area contributed by atoms with E-state index in [0.29, 0.717) is 6.54 Å². The lowest BCUT2D eigenvalue weighted by molar-refractivity contribution is -0.385. The molecule has 9 heteroatoms. The Balaban J connectivity index is 1.79. The predicted molar refractivity (Wildman–Crippen MR) is 85.1 cm³/mol. The standard InChI is InChI=1S/C14H24N6O3/c1-14(2,19-11-12(10-17-19)20(22)23)13(21)16-4-3-7-18-8-5-15-6-9-18/h10-11,15H,3-9H2,1-2H3,(H,16,21). The van der Waals surface area contributed by atoms with Crippen molar-refractivity contribution in [1.29, 1.82) is 0 Å². The molecule has 1 amide bonds. The molecule has 0 radical (unpaired) electrons. The molecule has 0 atom stereocenters. The van der Waals surface area contributed by atoms with Crippen LogP contribution >= 0.6 is 0 Å². The van der Waals surface area contributed by atoms with Gasteiger partial charge < -0.3 is 15.5 Å². The van der Waals surface area contributed by atoms with Crippen molar-refractivity contribution >= 4 is 11.6 Å². The molecule has 0 aromatic carbocycles. The van der Waals surface area contributed by atoms with Crippen molar-refractivity contribution in [1.82, 2.24) is 25.3 Å². The number of piperazine rings is 1. The number of hydrogen-bond donors (Lipinski definition) is 2. The zero-order valence-corrected chi connectivity index (χ0v) is 13.6. The molecular formula is C14H24N6O3. The highest BCUT2D eigenvalue weighted by Crippen LogP contribution is 2.18. The summed E-state index contributed by atoms with van der Waals surface area (Å²) < 4.78 is 1.33. The van der Waals surface area contributed by atoms with Crippen LogP contribution in [0.4, 0.5) is 5.69 Å². The number of amides is 1. The second-order valence-corrected chi connectivity index (χ2v) is 6.16. The van der Waals surface area contributed by atoms with Gasteiger partial charge in [-0.15, -0.1) is 0 Å². The summed E-state index contributed by atoms with van der Waals surface area (Å²) in [6, 6.07) is 0. The third kappa shape index (κ3) is 4.49. The van der Waals surface area contributed by atoms with Gasteiger partial charge in [-0.25, -0.2) is 0 Å². The van der Waals surface area contributed by atoms with Crippen LogP contribution in [0.25, 0.3) is 0 Å². The van der Waals surface area contributed by atoms with Crippen molar-refractivity contribution in [3.63, 3.8) is 0 Å². The summed E-state index contributed by atoms with van der Waals surface area (Å²) in [5.74, 6) is -0.198. The van der Waals surface area contributed by atoms with Crippen LogP contribution in [0.5, 0.6) is 0 Å². The molecule has 1 aromatic rings. The SMILES string of the molecule is CC(C)(C(=O)NCCCN1CCNCC1)n1cc([N+](=O)[O-])cn1. The minimum Gasteiger partial charge on any atom is -0.354 e. The van der Waals surface area contributed by atoms with Crippen molar-refractivity contribution < 1.29 is 9.72 Å². The average molecular weight is 324 g/mol. The summed E-state index contributed by atoms with van der Waals surface area (Å²) in [5, 5.41) is 20.8. The van der Waals surface area contributed by atoms with Gasteiger partial charge in [0.2, 0.25) is 5.91 Å². The van der Waals surface area contributed by atoms with Crippen LogP contribution < -0.4 is 10.6 Å². The summed E-state index contributed by atoms with van der Waals surface area (Å²) in [5.41, 5.74) is -1.09. The molecule has 0 spiro atoms. The molecule has 1 fully saturated rings. The van der Waals surface area contributed by atoms with Crippen molar-refractivity contribution in [2.45, 2.75) is 25.8 Å². The molecule has 0 unspecified atom stereocenters. The summed E-state index contributed by atoms with van der Waals surface area (Å²) in [6.45, 7) is 9.01. The van der Waals surface area contributed by atoms with E-state index in [1.807, 2.05) is 0 Å². The molecule has 1 aliphatic rings. The van der Waals surface area contributed by atoms with Gasteiger partial charge in [-0.2, -0.15) is 5.10 Å². The Bertz CT molecular complexity index is 550. The fourth-order valence-corrected chi connectivity index (χ4v) is 2.47. The quantitative estimate of drug-likeness (QED) is 0.413. The van der Waals surface area contributed by atoms with E-state index >= 15 is 0 Å². The summed E-state index contributed by atoms with van der Waals surface area (Å²) in [6.07, 6.45) is 3.31. The number of carbonyl (C=O) groups excluding carboxylic acids is 1. The van der Waals surface area contributed by atoms with Crippen LogP contribution in [-0.4, -0.2) is 64.8 Å². The second-order valence-electron chi connectivity index (χ2n) is 6.16. The lowest BCUT2D eigenvalue weighted by Crippen LogP contribution is -2.46. The maximum Gasteiger partial charge on any atom is 0.307 e. The van der Waals surface area contributed by atoms with Crippen LogP contribution in [0.15, 0.2) is 12.4 Å². The number of rotatable bonds is 7. The Hall–Kier alpha value is -2.00. The third-order valence-corrected chi connectivity index (χ3v) is 4.05. The fraction of sp³-hybridized carbons (Fsp3) is 0.714. The van der Waals surface area contributed by atoms with E-state index in [1.165, 1.54) is 10.9 Å². The molecule has 0 saturated carbocycles. The van der Waals surface area contributed by atoms with Crippen molar-refractivity contribution in [3.8, 4) is 0 Å². The molecule has 2 heterocycles. The highest BCUT2D eigenvalue weighted by molar-refractivity contribution is 5.83. The molecule has 1 saturated heterocycles. The molecule has 1 aliphatic heterocycles. The Labute approximate surface area is 135 Å². The Morgan fingerprint density at radius 1 is 1.48 bits per heavy atom. The number of carbonyl (C=O) groups is 1. The minimum absolute atomic E-state index is 0.121. The maximum atomic E-state index is 12.3. The first-order valence-corrected chi connectivity index (χ1v) is 7.82. The molecule has 23 heavy (non-hydrogen) atoms. The second kappa shape index (κ2) is 7.51. The molecule has 0 aliphatic carbocycles. The highest BCUT2D eigenvalue weighted by Gasteiger charge is 2.31. The number of nitrogens with zero attached hydrogens (tertiary/aromatic N) is 4. The minimum atomic E-state index is -0.969. The molecule has 1 aromatic heterocycles. The highest BCUT2D eigenvalue weighted by atomic mass is 16.6. The topological polar surface area (TPSA) is 105 Å². The van der Waals surface area contributed by atoms with E-state index in [9.17, 15) is 14.9 Å². The van der Waals surface area contributed by atoms with Crippen LogP contribution in [0.3, 0.4) is 0 Å². The van der Waals surface area contributed by atoms with Gasteiger partial charge in [0, 0.05) is 32.7 Å². The fourth-order valence-electron chi connectivity index (χ4n) is 2.47. The summed E-state index contributed by atoms with van der Waals surface area (Å²) in [4.78, 5) is 24.9. The monoisotopic (exact) mass is 324 g/mol. The predicted octanol–water partition coefficient (Wildman–Crippen LogP) is -0.0621. The van der Waals surface area contributed by atoms with E-state index in [4.69, 9.17) is 0 Å². The first-order valence-electron chi connectivity index (χ1n) is 7.82. The lowest BCUT2D eigenvalue weighted by atomic mass is 10.1. The molecule has 0 bridgehead atoms. The normalized spacial score (nSPS) is 16.3. The van der Waals surface area contributed by atoms with Crippen LogP contribution in [0.1, 0.15) is 20.3 Å². The summed E-state index contributed by atoms with van der Waals surface area (Å²) >= 11 is 0. The number of nitro groups is 1. The van der Waals surface area contributed by atoms with Crippen LogP contribution in [0, 0.1) is 10.1 Å². The zero-order valence-electron chi connectivity index (χ0n) is 13.6. The van der Waals surface area contributed by atoms with E-state index in [-0.39, 0.29) is 11.6 Å². The average Bonchev–Trinajstić information content (AvgIpc) is 3.03. The van der Waals surface area contributed by atoms with Gasteiger partial charge in [-0.1, -0.05) is 0 Å². The van der Waals surface area contributed by atoms with Crippen molar-refractivity contribution in [2.75, 3.05) is 39.3 Å². The van der Waals surface area contributed by atoms with Crippen molar-refractivity contribution in [3.05, 3.63) is 22.5 Å². The van der Waals surface area contributed by atoms with Gasteiger partial charge in [-0.3, -0.25) is 19.6 Å². The number of hydrogen-bond acceptors (Lipinski definition) is 6. The third-order valence-electron chi connectivity index (χ3n) is 4.05. The van der Waals surface area contributed by atoms with Crippen molar-refractivity contribution in [2.24, 2.45) is 0 Å². The van der Waals surface area contributed by atoms with Gasteiger partial charge >= 0.3 is 5.69 Å². The van der Waals surface area contributed by atoms with Gasteiger partial charge in [0.25, 0.3) is 0 Å². The lowest BCUT2D eigenvalue weighted by Gasteiger charge is -2.27. The maximum absolute atomic E-state index is 12.3. The van der Waals surface area contributed by atoms with E-state index < -0.39 is 10.5 Å². The first kappa shape index (κ1) is 17.4. The Morgan fingerprint density at radius 3 is 2.78 bits per heavy atom. The van der Waals surface area contributed by atoms with Crippen LogP contribution in [0.2, 0.25) is 0 Å². The van der Waals surface area contributed by atoms with E-state index in [0.717, 1.165) is 45.3 Å². The molecule has 128 valence electrons. The summed E-state index contributed by atoms with van der Waals surface area (Å²) in [7, 11) is 0. The Kier molecular flexibility index (Phi) is 5.67. The van der Waals surface area contributed by atoms with Crippen LogP contribution in [-0.2, 0) is 10.3 Å². The molecule has 2 N–H and O–H groups in total. The molecule has 9 nitrogen and oxygen atoms in total. The van der Waals surface area contributed by atoms with Gasteiger partial charge in [0.1, 0.15) is 17.9 Å². The van der Waals surface area contributed by atoms with E-state index in [1.54, 1.807) is 13.8 Å². The van der Waals surface area contributed by atoms with Gasteiger partial charge in [0.15, 0.2) is 0 Å². The molecular weight excluding hydrogens is 300 g/mol. The number of aromatic nitrogens is 2. The van der Waals surface area contributed by atoms with Gasteiger partial charge in [-0.05, 0) is 26.8 Å².